The highest BCUT2D eigenvalue weighted by molar-refractivity contribution is 6.29. The molecule has 48 valence electrons. The third-order valence-electron chi connectivity index (χ3n) is 0.662. The highest BCUT2D eigenvalue weighted by Gasteiger charge is 1.75. The van der Waals surface area contributed by atoms with Gasteiger partial charge in [0.25, 0.3) is 0 Å². The average molecular weight is 122 g/mol. The molecule has 9 heavy (non-hydrogen) atoms. The molecule has 0 aliphatic carbocycles. The van der Waals surface area contributed by atoms with Crippen LogP contribution in [0, 0.1) is 0 Å². The fraction of sp³-hybridized carbons (Fsp3) is 0.143. The van der Waals surface area contributed by atoms with Gasteiger partial charge in [0.15, 0.2) is 0 Å². The number of hydrogen-bond donors (Lipinski definition) is 0. The molecule has 0 N–H and O–H groups in total. The van der Waals surface area contributed by atoms with Crippen molar-refractivity contribution in [2.45, 2.75) is 6.92 Å². The summed E-state index contributed by atoms with van der Waals surface area (Å²) < 4.78 is 0. The van der Waals surface area contributed by atoms with E-state index in [1.54, 1.807) is 6.21 Å². The summed E-state index contributed by atoms with van der Waals surface area (Å²) in [6, 6.07) is 0. The van der Waals surface area contributed by atoms with Crippen molar-refractivity contribution in [1.82, 2.24) is 0 Å². The summed E-state index contributed by atoms with van der Waals surface area (Å²) in [4.78, 5) is 7.60. The van der Waals surface area contributed by atoms with Gasteiger partial charge < -0.3 is 0 Å². The van der Waals surface area contributed by atoms with Crippen LogP contribution in [0.4, 0.5) is 0 Å². The summed E-state index contributed by atoms with van der Waals surface area (Å²) in [5.41, 5.74) is 0.824. The molecule has 0 aliphatic heterocycles. The van der Waals surface area contributed by atoms with Gasteiger partial charge in [-0.1, -0.05) is 13.2 Å². The quantitative estimate of drug-likeness (QED) is 0.510. The SMILES string of the molecule is C=CN=CC(C)=NC=C. The lowest BCUT2D eigenvalue weighted by Crippen LogP contribution is -1.88. The zero-order valence-electron chi connectivity index (χ0n) is 5.54. The van der Waals surface area contributed by atoms with Gasteiger partial charge in [-0.3, -0.25) is 9.98 Å². The molecule has 2 nitrogen and oxygen atoms in total. The van der Waals surface area contributed by atoms with Crippen LogP contribution in [-0.4, -0.2) is 11.9 Å². The van der Waals surface area contributed by atoms with E-state index in [0.29, 0.717) is 0 Å². The van der Waals surface area contributed by atoms with Crippen molar-refractivity contribution in [3.05, 3.63) is 25.6 Å². The molecule has 0 aromatic rings. The van der Waals surface area contributed by atoms with Gasteiger partial charge in [0.1, 0.15) is 0 Å². The van der Waals surface area contributed by atoms with Crippen molar-refractivity contribution >= 4 is 11.9 Å². The zero-order valence-corrected chi connectivity index (χ0v) is 5.54. The Morgan fingerprint density at radius 1 is 1.33 bits per heavy atom. The van der Waals surface area contributed by atoms with Crippen LogP contribution in [0.3, 0.4) is 0 Å². The lowest BCUT2D eigenvalue weighted by atomic mass is 10.5. The van der Waals surface area contributed by atoms with E-state index in [9.17, 15) is 0 Å². The van der Waals surface area contributed by atoms with Crippen LogP contribution in [0.25, 0.3) is 0 Å². The number of rotatable bonds is 3. The number of hydrogen-bond acceptors (Lipinski definition) is 2. The standard InChI is InChI=1S/C7H10N2/c1-4-8-6-7(3)9-5-2/h4-6H,1-2H2,3H3. The lowest BCUT2D eigenvalue weighted by Gasteiger charge is -1.81. The topological polar surface area (TPSA) is 24.7 Å². The molecule has 0 bridgehead atoms. The normalized spacial score (nSPS) is 11.9. The highest BCUT2D eigenvalue weighted by Crippen LogP contribution is 1.74. The molecule has 0 saturated heterocycles. The van der Waals surface area contributed by atoms with Crippen molar-refractivity contribution in [3.8, 4) is 0 Å². The van der Waals surface area contributed by atoms with E-state index in [0.717, 1.165) is 5.71 Å². The summed E-state index contributed by atoms with van der Waals surface area (Å²) in [6.45, 7) is 8.69. The lowest BCUT2D eigenvalue weighted by molar-refractivity contribution is 1.56. The maximum absolute atomic E-state index is 3.85. The average Bonchev–Trinajstić information content (AvgIpc) is 1.85. The first-order valence-electron chi connectivity index (χ1n) is 2.60. The van der Waals surface area contributed by atoms with E-state index < -0.39 is 0 Å². The van der Waals surface area contributed by atoms with Gasteiger partial charge in [0.05, 0.1) is 5.71 Å². The monoisotopic (exact) mass is 122 g/mol. The Hall–Kier alpha value is -1.18. The minimum absolute atomic E-state index is 0.824. The summed E-state index contributed by atoms with van der Waals surface area (Å²) in [7, 11) is 0. The highest BCUT2D eigenvalue weighted by atomic mass is 14.7. The molecular weight excluding hydrogens is 112 g/mol. The molecule has 0 heterocycles. The molecule has 0 aromatic carbocycles. The summed E-state index contributed by atoms with van der Waals surface area (Å²) in [6.07, 6.45) is 4.56. The molecule has 0 unspecified atom stereocenters. The molecule has 2 heteroatoms. The third-order valence-corrected chi connectivity index (χ3v) is 0.662. The third kappa shape index (κ3) is 4.68. The molecule has 0 amide bonds. The van der Waals surface area contributed by atoms with Crippen LogP contribution in [0.1, 0.15) is 6.92 Å². The Bertz CT molecular complexity index is 154. The second-order valence-electron chi connectivity index (χ2n) is 1.41. The van der Waals surface area contributed by atoms with Gasteiger partial charge in [-0.05, 0) is 6.92 Å². The van der Waals surface area contributed by atoms with E-state index in [-0.39, 0.29) is 0 Å². The minimum Gasteiger partial charge on any atom is -0.263 e. The van der Waals surface area contributed by atoms with E-state index in [2.05, 4.69) is 23.1 Å². The predicted molar refractivity (Wildman–Crippen MR) is 42.0 cm³/mol. The van der Waals surface area contributed by atoms with E-state index in [1.807, 2.05) is 6.92 Å². The van der Waals surface area contributed by atoms with Gasteiger partial charge in [-0.15, -0.1) is 0 Å². The fourth-order valence-electron chi connectivity index (χ4n) is 0.338. The van der Waals surface area contributed by atoms with Gasteiger partial charge in [-0.2, -0.15) is 0 Å². The van der Waals surface area contributed by atoms with Crippen LogP contribution in [0.5, 0.6) is 0 Å². The van der Waals surface area contributed by atoms with Crippen molar-refractivity contribution in [2.24, 2.45) is 9.98 Å². The maximum Gasteiger partial charge on any atom is 0.0554 e. The molecular formula is C7H10N2. The Kier molecular flexibility index (Phi) is 4.32. The van der Waals surface area contributed by atoms with Crippen LogP contribution in [0.15, 0.2) is 35.5 Å². The molecule has 0 rings (SSSR count). The Morgan fingerprint density at radius 2 is 2.00 bits per heavy atom. The van der Waals surface area contributed by atoms with Crippen molar-refractivity contribution in [2.75, 3.05) is 0 Å². The van der Waals surface area contributed by atoms with E-state index in [1.165, 1.54) is 12.4 Å². The number of aliphatic imine (C=N–C) groups is 2. The predicted octanol–water partition coefficient (Wildman–Crippen LogP) is 1.81. The van der Waals surface area contributed by atoms with Crippen LogP contribution in [-0.2, 0) is 0 Å². The first kappa shape index (κ1) is 7.82. The van der Waals surface area contributed by atoms with Crippen molar-refractivity contribution < 1.29 is 0 Å². The summed E-state index contributed by atoms with van der Waals surface area (Å²) >= 11 is 0. The second kappa shape index (κ2) is 4.97. The molecule has 0 saturated carbocycles. The largest absolute Gasteiger partial charge is 0.263 e. The van der Waals surface area contributed by atoms with Crippen molar-refractivity contribution in [1.29, 1.82) is 0 Å². The summed E-state index contributed by atoms with van der Waals surface area (Å²) in [5, 5.41) is 0. The molecule has 0 aliphatic rings. The smallest absolute Gasteiger partial charge is 0.0554 e. The molecule has 0 aromatic heterocycles. The minimum atomic E-state index is 0.824. The van der Waals surface area contributed by atoms with Gasteiger partial charge in [0, 0.05) is 18.6 Å². The van der Waals surface area contributed by atoms with Gasteiger partial charge in [0.2, 0.25) is 0 Å². The summed E-state index contributed by atoms with van der Waals surface area (Å²) in [5.74, 6) is 0. The van der Waals surface area contributed by atoms with Crippen LogP contribution in [0.2, 0.25) is 0 Å². The van der Waals surface area contributed by atoms with Crippen molar-refractivity contribution in [3.63, 3.8) is 0 Å². The first-order valence-corrected chi connectivity index (χ1v) is 2.60. The molecule has 0 spiro atoms. The fourth-order valence-corrected chi connectivity index (χ4v) is 0.338. The molecule has 0 atom stereocenters. The van der Waals surface area contributed by atoms with Gasteiger partial charge >= 0.3 is 0 Å². The van der Waals surface area contributed by atoms with Crippen LogP contribution >= 0.6 is 0 Å². The Morgan fingerprint density at radius 3 is 2.44 bits per heavy atom. The second-order valence-corrected chi connectivity index (χ2v) is 1.41. The maximum atomic E-state index is 3.85. The van der Waals surface area contributed by atoms with Crippen LogP contribution < -0.4 is 0 Å². The van der Waals surface area contributed by atoms with E-state index in [4.69, 9.17) is 0 Å². The molecule has 0 fully saturated rings. The zero-order chi connectivity index (χ0) is 7.11. The van der Waals surface area contributed by atoms with E-state index >= 15 is 0 Å². The Labute approximate surface area is 55.3 Å². The first-order chi connectivity index (χ1) is 4.31. The Balaban J connectivity index is 3.88. The number of nitrogens with zero attached hydrogens (tertiary/aromatic N) is 2. The molecule has 0 radical (unpaired) electrons. The van der Waals surface area contributed by atoms with Gasteiger partial charge in [-0.25, -0.2) is 0 Å².